The first-order valence-electron chi connectivity index (χ1n) is 7.10. The molecule has 0 N–H and O–H groups in total. The molecule has 0 aromatic carbocycles. The van der Waals surface area contributed by atoms with Crippen molar-refractivity contribution >= 4 is 0 Å². The van der Waals surface area contributed by atoms with Crippen LogP contribution < -0.4 is 0 Å². The first-order valence-corrected chi connectivity index (χ1v) is 7.10. The molecule has 4 fully saturated rings. The van der Waals surface area contributed by atoms with Crippen LogP contribution in [0.5, 0.6) is 0 Å². The van der Waals surface area contributed by atoms with E-state index in [4.69, 9.17) is 9.47 Å². The highest BCUT2D eigenvalue weighted by atomic mass is 16.5. The number of hydrogen-bond donors (Lipinski definition) is 0. The molecule has 0 aliphatic heterocycles. The van der Waals surface area contributed by atoms with Crippen LogP contribution >= 0.6 is 0 Å². The molecule has 0 spiro atoms. The highest BCUT2D eigenvalue weighted by Gasteiger charge is 2.60. The molecular weight excluding hydrogens is 212 g/mol. The van der Waals surface area contributed by atoms with Gasteiger partial charge in [-0.2, -0.15) is 0 Å². The fraction of sp³-hybridized carbons (Fsp3) is 1.00. The molecule has 2 unspecified atom stereocenters. The lowest BCUT2D eigenvalue weighted by atomic mass is 9.43. The summed E-state index contributed by atoms with van der Waals surface area (Å²) < 4.78 is 11.4. The van der Waals surface area contributed by atoms with Gasteiger partial charge in [-0.25, -0.2) is 0 Å². The number of methoxy groups -OCH3 is 1. The zero-order chi connectivity index (χ0) is 12.1. The Morgan fingerprint density at radius 1 is 0.941 bits per heavy atom. The van der Waals surface area contributed by atoms with Crippen molar-refractivity contribution in [1.29, 1.82) is 0 Å². The van der Waals surface area contributed by atoms with Gasteiger partial charge < -0.3 is 9.47 Å². The Morgan fingerprint density at radius 3 is 2.12 bits per heavy atom. The quantitative estimate of drug-likeness (QED) is 0.699. The minimum absolute atomic E-state index is 0.196. The molecule has 0 heterocycles. The zero-order valence-electron chi connectivity index (χ0n) is 11.6. The van der Waals surface area contributed by atoms with Gasteiger partial charge in [0.15, 0.2) is 0 Å². The van der Waals surface area contributed by atoms with Crippen LogP contribution in [0.2, 0.25) is 0 Å². The van der Waals surface area contributed by atoms with Crippen LogP contribution in [-0.4, -0.2) is 25.9 Å². The van der Waals surface area contributed by atoms with E-state index in [1.165, 1.54) is 38.5 Å². The van der Waals surface area contributed by atoms with Gasteiger partial charge in [0.05, 0.1) is 18.8 Å². The van der Waals surface area contributed by atoms with Crippen LogP contribution in [0.3, 0.4) is 0 Å². The summed E-state index contributed by atoms with van der Waals surface area (Å²) in [4.78, 5) is 0. The van der Waals surface area contributed by atoms with E-state index in [1.807, 2.05) is 0 Å². The van der Waals surface area contributed by atoms with Crippen molar-refractivity contribution in [3.05, 3.63) is 0 Å². The van der Waals surface area contributed by atoms with Crippen LogP contribution in [0.1, 0.15) is 52.4 Å². The molecular formula is C15H26O2. The lowest BCUT2D eigenvalue weighted by molar-refractivity contribution is -0.217. The number of ether oxygens (including phenoxy) is 2. The first kappa shape index (κ1) is 12.0. The predicted octanol–water partition coefficient (Wildman–Crippen LogP) is 3.40. The van der Waals surface area contributed by atoms with Crippen molar-refractivity contribution in [2.24, 2.45) is 16.7 Å². The highest BCUT2D eigenvalue weighted by Crippen LogP contribution is 2.67. The molecule has 4 aliphatic rings. The predicted molar refractivity (Wildman–Crippen MR) is 68.0 cm³/mol. The summed E-state index contributed by atoms with van der Waals surface area (Å²) in [6.45, 7) is 6.49. The van der Waals surface area contributed by atoms with E-state index in [9.17, 15) is 0 Å². The summed E-state index contributed by atoms with van der Waals surface area (Å²) >= 11 is 0. The minimum Gasteiger partial charge on any atom is -0.382 e. The molecule has 4 rings (SSSR count). The summed E-state index contributed by atoms with van der Waals surface area (Å²) in [6, 6.07) is 0. The number of rotatable bonds is 4. The smallest absolute Gasteiger partial charge is 0.0707 e. The van der Waals surface area contributed by atoms with Crippen LogP contribution in [0.25, 0.3) is 0 Å². The molecule has 98 valence electrons. The standard InChI is InChI=1S/C15H26O2/c1-13-6-12-7-14(2,9-13)11-15(8-12,10-13)17-5-4-16-3/h12H,4-11H2,1-3H3. The Kier molecular flexibility index (Phi) is 2.61. The Balaban J connectivity index is 1.77. The molecule has 4 aliphatic carbocycles. The van der Waals surface area contributed by atoms with E-state index in [-0.39, 0.29) is 5.60 Å². The fourth-order valence-electron chi connectivity index (χ4n) is 5.85. The molecule has 0 aromatic rings. The van der Waals surface area contributed by atoms with Gasteiger partial charge in [-0.3, -0.25) is 0 Å². The van der Waals surface area contributed by atoms with Crippen molar-refractivity contribution in [2.75, 3.05) is 20.3 Å². The van der Waals surface area contributed by atoms with Crippen LogP contribution in [0.15, 0.2) is 0 Å². The average Bonchev–Trinajstić information content (AvgIpc) is 2.11. The zero-order valence-corrected chi connectivity index (χ0v) is 11.6. The fourth-order valence-corrected chi connectivity index (χ4v) is 5.85. The third-order valence-electron chi connectivity index (χ3n) is 5.27. The largest absolute Gasteiger partial charge is 0.382 e. The maximum Gasteiger partial charge on any atom is 0.0707 e. The monoisotopic (exact) mass is 238 g/mol. The number of hydrogen-bond acceptors (Lipinski definition) is 2. The molecule has 0 aromatic heterocycles. The summed E-state index contributed by atoms with van der Waals surface area (Å²) in [5.74, 6) is 0.920. The average molecular weight is 238 g/mol. The Morgan fingerprint density at radius 2 is 1.59 bits per heavy atom. The van der Waals surface area contributed by atoms with Gasteiger partial charge in [0, 0.05) is 7.11 Å². The Hall–Kier alpha value is -0.0800. The van der Waals surface area contributed by atoms with Gasteiger partial charge in [-0.15, -0.1) is 0 Å². The molecule has 0 amide bonds. The van der Waals surface area contributed by atoms with Gasteiger partial charge in [0.1, 0.15) is 0 Å². The molecule has 2 nitrogen and oxygen atoms in total. The second-order valence-electron chi connectivity index (χ2n) is 7.65. The van der Waals surface area contributed by atoms with Gasteiger partial charge >= 0.3 is 0 Å². The normalized spacial score (nSPS) is 52.1. The van der Waals surface area contributed by atoms with E-state index >= 15 is 0 Å². The van der Waals surface area contributed by atoms with Crippen molar-refractivity contribution in [1.82, 2.24) is 0 Å². The third-order valence-corrected chi connectivity index (χ3v) is 5.27. The Bertz CT molecular complexity index is 294. The van der Waals surface area contributed by atoms with Gasteiger partial charge in [0.25, 0.3) is 0 Å². The Labute approximate surface area is 105 Å². The van der Waals surface area contributed by atoms with Crippen LogP contribution in [0.4, 0.5) is 0 Å². The van der Waals surface area contributed by atoms with Gasteiger partial charge in [0.2, 0.25) is 0 Å². The summed E-state index contributed by atoms with van der Waals surface area (Å²) in [6.07, 6.45) is 8.19. The molecule has 2 atom stereocenters. The molecule has 4 bridgehead atoms. The van der Waals surface area contributed by atoms with E-state index in [0.29, 0.717) is 10.8 Å². The maximum atomic E-state index is 6.29. The van der Waals surface area contributed by atoms with Crippen LogP contribution in [-0.2, 0) is 9.47 Å². The summed E-state index contributed by atoms with van der Waals surface area (Å²) in [5.41, 5.74) is 1.31. The molecule has 0 saturated heterocycles. The van der Waals surface area contributed by atoms with Crippen LogP contribution in [0, 0.1) is 16.7 Å². The summed E-state index contributed by atoms with van der Waals surface area (Å²) in [7, 11) is 1.76. The van der Waals surface area contributed by atoms with Gasteiger partial charge in [-0.1, -0.05) is 13.8 Å². The van der Waals surface area contributed by atoms with Crippen molar-refractivity contribution in [3.63, 3.8) is 0 Å². The second kappa shape index (κ2) is 3.71. The topological polar surface area (TPSA) is 18.5 Å². The molecule has 4 saturated carbocycles. The van der Waals surface area contributed by atoms with E-state index in [1.54, 1.807) is 7.11 Å². The van der Waals surface area contributed by atoms with Crippen molar-refractivity contribution in [3.8, 4) is 0 Å². The summed E-state index contributed by atoms with van der Waals surface area (Å²) in [5, 5.41) is 0. The second-order valence-corrected chi connectivity index (χ2v) is 7.65. The molecule has 2 heteroatoms. The van der Waals surface area contributed by atoms with Crippen molar-refractivity contribution in [2.45, 2.75) is 58.0 Å². The van der Waals surface area contributed by atoms with Crippen molar-refractivity contribution < 1.29 is 9.47 Å². The third kappa shape index (κ3) is 2.04. The molecule has 17 heavy (non-hydrogen) atoms. The first-order chi connectivity index (χ1) is 7.97. The lowest BCUT2D eigenvalue weighted by Crippen LogP contribution is -2.59. The SMILES string of the molecule is COCCOC12CC3CC(C)(CC(C)(C3)C1)C2. The maximum absolute atomic E-state index is 6.29. The highest BCUT2D eigenvalue weighted by molar-refractivity contribution is 5.11. The lowest BCUT2D eigenvalue weighted by Gasteiger charge is -2.65. The molecule has 0 radical (unpaired) electrons. The van der Waals surface area contributed by atoms with E-state index in [2.05, 4.69) is 13.8 Å². The van der Waals surface area contributed by atoms with Gasteiger partial charge in [-0.05, 0) is 55.3 Å². The van der Waals surface area contributed by atoms with E-state index < -0.39 is 0 Å². The minimum atomic E-state index is 0.196. The van der Waals surface area contributed by atoms with E-state index in [0.717, 1.165) is 19.1 Å².